The summed E-state index contributed by atoms with van der Waals surface area (Å²) in [5.41, 5.74) is 0. The molecule has 0 radical (unpaired) electrons. The molecule has 1 aromatic heterocycles. The van der Waals surface area contributed by atoms with Crippen molar-refractivity contribution >= 4 is 21.2 Å². The topological polar surface area (TPSA) is 34.1 Å². The maximum Gasteiger partial charge on any atom is 0.188 e. The SMILES string of the molecule is O=S(=O)(CC1CCC1)c1cccs1. The summed E-state index contributed by atoms with van der Waals surface area (Å²) in [6.07, 6.45) is 3.37. The van der Waals surface area contributed by atoms with Crippen molar-refractivity contribution in [3.63, 3.8) is 0 Å². The first-order valence-electron chi connectivity index (χ1n) is 4.45. The highest BCUT2D eigenvalue weighted by Gasteiger charge is 2.26. The summed E-state index contributed by atoms with van der Waals surface area (Å²) in [6.45, 7) is 0. The molecule has 1 saturated carbocycles. The van der Waals surface area contributed by atoms with Crippen molar-refractivity contribution in [1.82, 2.24) is 0 Å². The first-order chi connectivity index (χ1) is 6.18. The van der Waals surface area contributed by atoms with Gasteiger partial charge in [0.2, 0.25) is 0 Å². The molecule has 4 heteroatoms. The molecule has 0 aliphatic heterocycles. The van der Waals surface area contributed by atoms with Gasteiger partial charge in [-0.3, -0.25) is 0 Å². The molecular formula is C9H12O2S2. The van der Waals surface area contributed by atoms with Crippen molar-refractivity contribution < 1.29 is 8.42 Å². The number of rotatable bonds is 3. The molecule has 0 amide bonds. The summed E-state index contributed by atoms with van der Waals surface area (Å²) in [4.78, 5) is 0. The van der Waals surface area contributed by atoms with Crippen LogP contribution >= 0.6 is 11.3 Å². The van der Waals surface area contributed by atoms with Crippen LogP contribution in [0, 0.1) is 5.92 Å². The summed E-state index contributed by atoms with van der Waals surface area (Å²) in [5, 5.41) is 1.81. The lowest BCUT2D eigenvalue weighted by molar-refractivity contribution is 0.347. The Kier molecular flexibility index (Phi) is 2.43. The Morgan fingerprint density at radius 2 is 2.23 bits per heavy atom. The minimum Gasteiger partial charge on any atom is -0.223 e. The van der Waals surface area contributed by atoms with Gasteiger partial charge in [0, 0.05) is 0 Å². The molecular weight excluding hydrogens is 204 g/mol. The maximum atomic E-state index is 11.7. The minimum atomic E-state index is -2.96. The Morgan fingerprint density at radius 3 is 2.69 bits per heavy atom. The van der Waals surface area contributed by atoms with E-state index >= 15 is 0 Å². The summed E-state index contributed by atoms with van der Waals surface area (Å²) in [7, 11) is -2.96. The molecule has 1 aliphatic carbocycles. The van der Waals surface area contributed by atoms with E-state index in [1.165, 1.54) is 17.8 Å². The highest BCUT2D eigenvalue weighted by Crippen LogP contribution is 2.30. The van der Waals surface area contributed by atoms with E-state index in [9.17, 15) is 8.42 Å². The molecule has 1 aromatic rings. The minimum absolute atomic E-state index is 0.355. The summed E-state index contributed by atoms with van der Waals surface area (Å²) in [5.74, 6) is 0.778. The lowest BCUT2D eigenvalue weighted by Crippen LogP contribution is -2.21. The lowest BCUT2D eigenvalue weighted by atomic mass is 9.87. The summed E-state index contributed by atoms with van der Waals surface area (Å²) in [6, 6.07) is 3.48. The Bertz CT molecular complexity index is 360. The molecule has 1 fully saturated rings. The average Bonchev–Trinajstić information content (AvgIpc) is 2.49. The summed E-state index contributed by atoms with van der Waals surface area (Å²) >= 11 is 1.32. The predicted molar refractivity (Wildman–Crippen MR) is 53.7 cm³/mol. The van der Waals surface area contributed by atoms with E-state index in [-0.39, 0.29) is 0 Å². The van der Waals surface area contributed by atoms with E-state index in [4.69, 9.17) is 0 Å². The van der Waals surface area contributed by atoms with Gasteiger partial charge in [0.05, 0.1) is 5.75 Å². The molecule has 13 heavy (non-hydrogen) atoms. The van der Waals surface area contributed by atoms with E-state index in [0.29, 0.717) is 15.9 Å². The van der Waals surface area contributed by atoms with Gasteiger partial charge in [-0.25, -0.2) is 8.42 Å². The van der Waals surface area contributed by atoms with Gasteiger partial charge in [0.15, 0.2) is 9.84 Å². The predicted octanol–water partition coefficient (Wildman–Crippen LogP) is 2.32. The normalized spacial score (nSPS) is 18.5. The fraction of sp³-hybridized carbons (Fsp3) is 0.556. The van der Waals surface area contributed by atoms with Crippen molar-refractivity contribution in [3.05, 3.63) is 17.5 Å². The first-order valence-corrected chi connectivity index (χ1v) is 6.98. The monoisotopic (exact) mass is 216 g/mol. The van der Waals surface area contributed by atoms with Crippen LogP contribution in [0.2, 0.25) is 0 Å². The summed E-state index contributed by atoms with van der Waals surface area (Å²) < 4.78 is 23.9. The van der Waals surface area contributed by atoms with Gasteiger partial charge < -0.3 is 0 Å². The zero-order valence-corrected chi connectivity index (χ0v) is 8.90. The van der Waals surface area contributed by atoms with E-state index in [0.717, 1.165) is 12.8 Å². The molecule has 2 rings (SSSR count). The van der Waals surface area contributed by atoms with Crippen LogP contribution in [0.3, 0.4) is 0 Å². The number of thiophene rings is 1. The second-order valence-corrected chi connectivity index (χ2v) is 6.72. The highest BCUT2D eigenvalue weighted by atomic mass is 32.2. The second kappa shape index (κ2) is 3.42. The van der Waals surface area contributed by atoms with Crippen LogP contribution in [0.1, 0.15) is 19.3 Å². The van der Waals surface area contributed by atoms with Crippen molar-refractivity contribution in [2.24, 2.45) is 5.92 Å². The smallest absolute Gasteiger partial charge is 0.188 e. The Hall–Kier alpha value is -0.350. The third-order valence-electron chi connectivity index (χ3n) is 2.48. The first kappa shape index (κ1) is 9.21. The van der Waals surface area contributed by atoms with Gasteiger partial charge in [-0.2, -0.15) is 0 Å². The molecule has 0 N–H and O–H groups in total. The van der Waals surface area contributed by atoms with Crippen LogP contribution in [-0.2, 0) is 9.84 Å². The molecule has 0 saturated heterocycles. The average molecular weight is 216 g/mol. The third-order valence-corrected chi connectivity index (χ3v) is 5.85. The standard InChI is InChI=1S/C9H12O2S2/c10-13(11,7-8-3-1-4-8)9-5-2-6-12-9/h2,5-6,8H,1,3-4,7H2. The van der Waals surface area contributed by atoms with Crippen LogP contribution < -0.4 is 0 Å². The highest BCUT2D eigenvalue weighted by molar-refractivity contribution is 7.93. The van der Waals surface area contributed by atoms with Gasteiger partial charge >= 0.3 is 0 Å². The molecule has 0 unspecified atom stereocenters. The zero-order chi connectivity index (χ0) is 9.31. The third kappa shape index (κ3) is 1.94. The number of hydrogen-bond donors (Lipinski definition) is 0. The molecule has 0 bridgehead atoms. The van der Waals surface area contributed by atoms with E-state index in [2.05, 4.69) is 0 Å². The molecule has 0 aromatic carbocycles. The lowest BCUT2D eigenvalue weighted by Gasteiger charge is -2.24. The van der Waals surface area contributed by atoms with Crippen LogP contribution in [0.4, 0.5) is 0 Å². The molecule has 1 aliphatic rings. The van der Waals surface area contributed by atoms with Gasteiger partial charge in [-0.1, -0.05) is 12.5 Å². The molecule has 2 nitrogen and oxygen atoms in total. The molecule has 72 valence electrons. The van der Waals surface area contributed by atoms with Crippen LogP contribution in [0.5, 0.6) is 0 Å². The van der Waals surface area contributed by atoms with Gasteiger partial charge in [-0.05, 0) is 30.2 Å². The second-order valence-electron chi connectivity index (χ2n) is 3.51. The van der Waals surface area contributed by atoms with Crippen LogP contribution in [0.25, 0.3) is 0 Å². The van der Waals surface area contributed by atoms with E-state index in [1.54, 1.807) is 12.1 Å². The van der Waals surface area contributed by atoms with Crippen LogP contribution in [0.15, 0.2) is 21.7 Å². The van der Waals surface area contributed by atoms with Gasteiger partial charge in [-0.15, -0.1) is 11.3 Å². The van der Waals surface area contributed by atoms with Crippen molar-refractivity contribution in [2.45, 2.75) is 23.5 Å². The largest absolute Gasteiger partial charge is 0.223 e. The fourth-order valence-electron chi connectivity index (χ4n) is 1.49. The van der Waals surface area contributed by atoms with E-state index < -0.39 is 9.84 Å². The van der Waals surface area contributed by atoms with Crippen molar-refractivity contribution in [1.29, 1.82) is 0 Å². The number of hydrogen-bond acceptors (Lipinski definition) is 3. The quantitative estimate of drug-likeness (QED) is 0.777. The van der Waals surface area contributed by atoms with E-state index in [1.807, 2.05) is 5.38 Å². The Morgan fingerprint density at radius 1 is 1.46 bits per heavy atom. The molecule has 0 atom stereocenters. The maximum absolute atomic E-state index is 11.7. The van der Waals surface area contributed by atoms with Crippen molar-refractivity contribution in [2.75, 3.05) is 5.75 Å². The fourth-order valence-corrected chi connectivity index (χ4v) is 4.30. The Balaban J connectivity index is 2.12. The number of sulfone groups is 1. The van der Waals surface area contributed by atoms with Crippen molar-refractivity contribution in [3.8, 4) is 0 Å². The zero-order valence-electron chi connectivity index (χ0n) is 7.27. The van der Waals surface area contributed by atoms with Gasteiger partial charge in [0.1, 0.15) is 4.21 Å². The van der Waals surface area contributed by atoms with Gasteiger partial charge in [0.25, 0.3) is 0 Å². The van der Waals surface area contributed by atoms with Crippen LogP contribution in [-0.4, -0.2) is 14.2 Å². The Labute approximate surface area is 82.5 Å². The molecule has 0 spiro atoms. The molecule has 1 heterocycles.